The van der Waals surface area contributed by atoms with E-state index in [0.29, 0.717) is 0 Å². The summed E-state index contributed by atoms with van der Waals surface area (Å²) < 4.78 is 0. The van der Waals surface area contributed by atoms with Gasteiger partial charge in [-0.05, 0) is 12.1 Å². The Bertz CT molecular complexity index is 489. The van der Waals surface area contributed by atoms with Crippen molar-refractivity contribution < 1.29 is 19.5 Å². The Balaban J connectivity index is 2.82. The highest BCUT2D eigenvalue weighted by molar-refractivity contribution is 6.00. The topological polar surface area (TPSA) is 148 Å². The number of carbonyl (C=O) groups excluding carboxylic acids is 2. The zero-order valence-corrected chi connectivity index (χ0v) is 9.29. The van der Waals surface area contributed by atoms with Crippen LogP contribution in [0.2, 0.25) is 0 Å². The smallest absolute Gasteiger partial charge is 0.326 e. The second kappa shape index (κ2) is 5.62. The van der Waals surface area contributed by atoms with Crippen LogP contribution < -0.4 is 16.8 Å². The van der Waals surface area contributed by atoms with E-state index in [4.69, 9.17) is 16.6 Å². The summed E-state index contributed by atoms with van der Waals surface area (Å²) >= 11 is 0. The Morgan fingerprint density at radius 3 is 2.61 bits per heavy atom. The first-order valence-electron chi connectivity index (χ1n) is 4.94. The molecule has 0 aliphatic carbocycles. The predicted octanol–water partition coefficient (Wildman–Crippen LogP) is -1.28. The number of rotatable bonds is 5. The summed E-state index contributed by atoms with van der Waals surface area (Å²) in [4.78, 5) is 36.9. The number of hydrogen-bond acceptors (Lipinski definition) is 5. The number of aromatic nitrogens is 1. The maximum atomic E-state index is 11.7. The summed E-state index contributed by atoms with van der Waals surface area (Å²) in [5.41, 5.74) is 10.4. The van der Waals surface area contributed by atoms with Crippen molar-refractivity contribution in [2.75, 3.05) is 5.73 Å². The molecule has 0 aromatic carbocycles. The largest absolute Gasteiger partial charge is 0.480 e. The predicted molar refractivity (Wildman–Crippen MR) is 61.4 cm³/mol. The number of nitrogens with one attached hydrogen (secondary N) is 1. The summed E-state index contributed by atoms with van der Waals surface area (Å²) in [7, 11) is 0. The van der Waals surface area contributed by atoms with Crippen LogP contribution in [0.5, 0.6) is 0 Å². The highest BCUT2D eigenvalue weighted by Crippen LogP contribution is 2.07. The third kappa shape index (κ3) is 3.44. The molecule has 0 bridgehead atoms. The molecular weight excluding hydrogens is 240 g/mol. The number of nitrogens with zero attached hydrogens (tertiary/aromatic N) is 1. The molecule has 8 heteroatoms. The molecule has 1 rings (SSSR count). The highest BCUT2D eigenvalue weighted by atomic mass is 16.4. The molecule has 0 aliphatic rings. The number of carboxylic acids is 1. The summed E-state index contributed by atoms with van der Waals surface area (Å²) in [6.07, 6.45) is 0.894. The van der Waals surface area contributed by atoms with Crippen molar-refractivity contribution in [3.8, 4) is 0 Å². The molecule has 18 heavy (non-hydrogen) atoms. The van der Waals surface area contributed by atoms with Crippen molar-refractivity contribution >= 4 is 23.6 Å². The standard InChI is InChI=1S/C10H12N4O4/c11-7(15)4-6(10(17)18)14-9(16)5-2-1-3-13-8(5)12/h1-3,6H,4H2,(H2,11,15)(H2,12,13)(H,14,16)(H,17,18). The van der Waals surface area contributed by atoms with E-state index in [9.17, 15) is 14.4 Å². The monoisotopic (exact) mass is 252 g/mol. The van der Waals surface area contributed by atoms with Crippen LogP contribution in [0.3, 0.4) is 0 Å². The van der Waals surface area contributed by atoms with Gasteiger partial charge in [-0.2, -0.15) is 0 Å². The van der Waals surface area contributed by atoms with Gasteiger partial charge in [-0.15, -0.1) is 0 Å². The Hall–Kier alpha value is -2.64. The van der Waals surface area contributed by atoms with Crippen molar-refractivity contribution in [1.82, 2.24) is 10.3 Å². The second-order valence-corrected chi connectivity index (χ2v) is 3.47. The molecule has 0 aliphatic heterocycles. The minimum atomic E-state index is -1.39. The number of carboxylic acid groups (broad SMARTS) is 1. The maximum Gasteiger partial charge on any atom is 0.326 e. The SMILES string of the molecule is NC(=O)CC(NC(=O)c1cccnc1N)C(=O)O. The van der Waals surface area contributed by atoms with Crippen LogP contribution in [-0.2, 0) is 9.59 Å². The Kier molecular flexibility index (Phi) is 4.19. The number of aliphatic carboxylic acids is 1. The number of pyridine rings is 1. The number of nitrogens with two attached hydrogens (primary N) is 2. The van der Waals surface area contributed by atoms with E-state index in [1.807, 2.05) is 0 Å². The van der Waals surface area contributed by atoms with Gasteiger partial charge in [-0.25, -0.2) is 9.78 Å². The molecule has 0 radical (unpaired) electrons. The molecule has 1 aromatic rings. The summed E-state index contributed by atoms with van der Waals surface area (Å²) in [6, 6.07) is 1.48. The van der Waals surface area contributed by atoms with Crippen LogP contribution in [-0.4, -0.2) is 33.9 Å². The fraction of sp³-hybridized carbons (Fsp3) is 0.200. The fourth-order valence-corrected chi connectivity index (χ4v) is 1.25. The number of anilines is 1. The molecule has 96 valence electrons. The van der Waals surface area contributed by atoms with E-state index >= 15 is 0 Å². The number of primary amides is 1. The lowest BCUT2D eigenvalue weighted by atomic mass is 10.1. The van der Waals surface area contributed by atoms with Crippen LogP contribution in [0.4, 0.5) is 5.82 Å². The van der Waals surface area contributed by atoms with E-state index in [1.54, 1.807) is 0 Å². The first-order chi connectivity index (χ1) is 8.41. The molecule has 1 aromatic heterocycles. The highest BCUT2D eigenvalue weighted by Gasteiger charge is 2.23. The molecule has 0 fully saturated rings. The van der Waals surface area contributed by atoms with E-state index in [2.05, 4.69) is 10.3 Å². The average Bonchev–Trinajstić information content (AvgIpc) is 2.27. The Morgan fingerprint density at radius 1 is 1.44 bits per heavy atom. The van der Waals surface area contributed by atoms with E-state index < -0.39 is 30.2 Å². The van der Waals surface area contributed by atoms with Crippen molar-refractivity contribution in [2.24, 2.45) is 5.73 Å². The number of hydrogen-bond donors (Lipinski definition) is 4. The van der Waals surface area contributed by atoms with Crippen LogP contribution >= 0.6 is 0 Å². The van der Waals surface area contributed by atoms with Gasteiger partial charge in [-0.1, -0.05) is 0 Å². The molecular formula is C10H12N4O4. The third-order valence-electron chi connectivity index (χ3n) is 2.09. The Morgan fingerprint density at radius 2 is 2.11 bits per heavy atom. The molecule has 0 saturated heterocycles. The second-order valence-electron chi connectivity index (χ2n) is 3.47. The van der Waals surface area contributed by atoms with Crippen molar-refractivity contribution in [1.29, 1.82) is 0 Å². The quantitative estimate of drug-likeness (QED) is 0.513. The molecule has 8 nitrogen and oxygen atoms in total. The van der Waals surface area contributed by atoms with Gasteiger partial charge in [-0.3, -0.25) is 9.59 Å². The maximum absolute atomic E-state index is 11.7. The minimum Gasteiger partial charge on any atom is -0.480 e. The lowest BCUT2D eigenvalue weighted by Crippen LogP contribution is -2.43. The zero-order valence-electron chi connectivity index (χ0n) is 9.29. The van der Waals surface area contributed by atoms with Crippen LogP contribution in [0, 0.1) is 0 Å². The first-order valence-corrected chi connectivity index (χ1v) is 4.94. The van der Waals surface area contributed by atoms with Crippen LogP contribution in [0.1, 0.15) is 16.8 Å². The van der Waals surface area contributed by atoms with Gasteiger partial charge in [0.15, 0.2) is 0 Å². The lowest BCUT2D eigenvalue weighted by molar-refractivity contribution is -0.140. The third-order valence-corrected chi connectivity index (χ3v) is 2.09. The van der Waals surface area contributed by atoms with Gasteiger partial charge in [0.25, 0.3) is 5.91 Å². The van der Waals surface area contributed by atoms with Crippen LogP contribution in [0.15, 0.2) is 18.3 Å². The summed E-state index contributed by atoms with van der Waals surface area (Å²) in [5.74, 6) is -2.95. The molecule has 2 amide bonds. The zero-order chi connectivity index (χ0) is 13.7. The molecule has 1 unspecified atom stereocenters. The number of carbonyl (C=O) groups is 3. The fourth-order valence-electron chi connectivity index (χ4n) is 1.25. The van der Waals surface area contributed by atoms with Gasteiger partial charge >= 0.3 is 5.97 Å². The van der Waals surface area contributed by atoms with E-state index in [0.717, 1.165) is 0 Å². The van der Waals surface area contributed by atoms with Gasteiger partial charge in [0.05, 0.1) is 12.0 Å². The molecule has 0 saturated carbocycles. The van der Waals surface area contributed by atoms with Crippen LogP contribution in [0.25, 0.3) is 0 Å². The average molecular weight is 252 g/mol. The molecule has 6 N–H and O–H groups in total. The van der Waals surface area contributed by atoms with E-state index in [1.165, 1.54) is 18.3 Å². The molecule has 1 atom stereocenters. The number of nitrogen functional groups attached to an aromatic ring is 1. The minimum absolute atomic E-state index is 0.0294. The van der Waals surface area contributed by atoms with Gasteiger partial charge in [0, 0.05) is 6.20 Å². The van der Waals surface area contributed by atoms with E-state index in [-0.39, 0.29) is 11.4 Å². The van der Waals surface area contributed by atoms with Gasteiger partial charge in [0.1, 0.15) is 11.9 Å². The molecule has 0 spiro atoms. The first kappa shape index (κ1) is 13.4. The van der Waals surface area contributed by atoms with Gasteiger partial charge in [0.2, 0.25) is 5.91 Å². The van der Waals surface area contributed by atoms with Crippen molar-refractivity contribution in [3.05, 3.63) is 23.9 Å². The summed E-state index contributed by atoms with van der Waals surface area (Å²) in [6.45, 7) is 0. The Labute approximate surface area is 102 Å². The normalized spacial score (nSPS) is 11.6. The number of amides is 2. The van der Waals surface area contributed by atoms with Gasteiger partial charge < -0.3 is 21.9 Å². The van der Waals surface area contributed by atoms with Crippen molar-refractivity contribution in [3.63, 3.8) is 0 Å². The van der Waals surface area contributed by atoms with Crippen molar-refractivity contribution in [2.45, 2.75) is 12.5 Å². The lowest BCUT2D eigenvalue weighted by Gasteiger charge is -2.13. The summed E-state index contributed by atoms with van der Waals surface area (Å²) in [5, 5.41) is 11.0. The molecule has 1 heterocycles.